The molecule has 126 valence electrons. The molecule has 2 aliphatic rings. The van der Waals surface area contributed by atoms with Crippen molar-refractivity contribution in [2.75, 3.05) is 38.1 Å². The van der Waals surface area contributed by atoms with Gasteiger partial charge < -0.3 is 15.1 Å². The molecule has 2 aliphatic heterocycles. The minimum atomic E-state index is 0.318. The number of benzene rings is 1. The topological polar surface area (TPSA) is 35.6 Å². The Hall–Kier alpha value is -1.55. The van der Waals surface area contributed by atoms with Gasteiger partial charge in [-0.15, -0.1) is 0 Å². The number of amides is 1. The fourth-order valence-corrected chi connectivity index (χ4v) is 3.99. The van der Waals surface area contributed by atoms with E-state index in [9.17, 15) is 4.79 Å². The first-order valence-electron chi connectivity index (χ1n) is 8.96. The van der Waals surface area contributed by atoms with E-state index in [4.69, 9.17) is 0 Å². The Kier molecular flexibility index (Phi) is 5.21. The standard InChI is InChI=1S/C19H29N3O/c1-15-7-8-17-5-3-4-6-18(17)22(15)12-10-19(23)21-11-9-16(14-21)13-20-2/h3-6,15-16,20H,7-14H2,1-2H3/t15-,16-/m1/s1. The summed E-state index contributed by atoms with van der Waals surface area (Å²) in [4.78, 5) is 17.0. The SMILES string of the molecule is CNC[C@H]1CCN(C(=O)CCN2c3ccccc3CC[C@H]2C)C1. The monoisotopic (exact) mass is 315 g/mol. The number of para-hydroxylation sites is 1. The second-order valence-corrected chi connectivity index (χ2v) is 7.01. The number of nitrogens with zero attached hydrogens (tertiary/aromatic N) is 2. The number of carbonyl (C=O) groups is 1. The van der Waals surface area contributed by atoms with Crippen molar-refractivity contribution in [1.29, 1.82) is 0 Å². The molecule has 4 nitrogen and oxygen atoms in total. The van der Waals surface area contributed by atoms with Gasteiger partial charge in [0.25, 0.3) is 0 Å². The van der Waals surface area contributed by atoms with Gasteiger partial charge in [-0.05, 0) is 57.3 Å². The molecule has 1 aromatic rings. The van der Waals surface area contributed by atoms with Crippen LogP contribution in [0.3, 0.4) is 0 Å². The van der Waals surface area contributed by atoms with Crippen LogP contribution < -0.4 is 10.2 Å². The maximum atomic E-state index is 12.5. The minimum Gasteiger partial charge on any atom is -0.368 e. The number of fused-ring (bicyclic) bond motifs is 1. The fraction of sp³-hybridized carbons (Fsp3) is 0.632. The van der Waals surface area contributed by atoms with Crippen molar-refractivity contribution in [3.63, 3.8) is 0 Å². The summed E-state index contributed by atoms with van der Waals surface area (Å²) in [6.45, 7) is 5.98. The summed E-state index contributed by atoms with van der Waals surface area (Å²) in [7, 11) is 1.99. The molecule has 23 heavy (non-hydrogen) atoms. The minimum absolute atomic E-state index is 0.318. The predicted octanol–water partition coefficient (Wildman–Crippen LogP) is 2.29. The Morgan fingerprint density at radius 1 is 1.30 bits per heavy atom. The summed E-state index contributed by atoms with van der Waals surface area (Å²) < 4.78 is 0. The van der Waals surface area contributed by atoms with E-state index in [0.29, 0.717) is 24.3 Å². The van der Waals surface area contributed by atoms with Crippen molar-refractivity contribution < 1.29 is 4.79 Å². The molecule has 0 aliphatic carbocycles. The van der Waals surface area contributed by atoms with E-state index in [1.807, 2.05) is 7.05 Å². The lowest BCUT2D eigenvalue weighted by molar-refractivity contribution is -0.130. The number of anilines is 1. The summed E-state index contributed by atoms with van der Waals surface area (Å²) in [5.74, 6) is 0.942. The molecule has 0 spiro atoms. The average Bonchev–Trinajstić information content (AvgIpc) is 3.03. The highest BCUT2D eigenvalue weighted by Gasteiger charge is 2.27. The van der Waals surface area contributed by atoms with Crippen LogP contribution in [0.15, 0.2) is 24.3 Å². The molecule has 1 N–H and O–H groups in total. The van der Waals surface area contributed by atoms with E-state index in [1.54, 1.807) is 0 Å². The second-order valence-electron chi connectivity index (χ2n) is 7.01. The van der Waals surface area contributed by atoms with E-state index in [0.717, 1.165) is 39.0 Å². The van der Waals surface area contributed by atoms with Crippen molar-refractivity contribution >= 4 is 11.6 Å². The molecule has 1 fully saturated rings. The van der Waals surface area contributed by atoms with Gasteiger partial charge in [-0.1, -0.05) is 18.2 Å². The Labute approximate surface area is 139 Å². The van der Waals surface area contributed by atoms with Crippen LogP contribution in [-0.2, 0) is 11.2 Å². The second kappa shape index (κ2) is 7.35. The summed E-state index contributed by atoms with van der Waals surface area (Å²) >= 11 is 0. The van der Waals surface area contributed by atoms with E-state index < -0.39 is 0 Å². The van der Waals surface area contributed by atoms with Crippen molar-refractivity contribution in [2.24, 2.45) is 5.92 Å². The molecular weight excluding hydrogens is 286 g/mol. The molecule has 1 aromatic carbocycles. The van der Waals surface area contributed by atoms with Gasteiger partial charge >= 0.3 is 0 Å². The molecule has 0 aromatic heterocycles. The van der Waals surface area contributed by atoms with Crippen molar-refractivity contribution in [1.82, 2.24) is 10.2 Å². The van der Waals surface area contributed by atoms with Gasteiger partial charge in [0.1, 0.15) is 0 Å². The van der Waals surface area contributed by atoms with Crippen LogP contribution >= 0.6 is 0 Å². The van der Waals surface area contributed by atoms with Crippen LogP contribution in [0.1, 0.15) is 31.7 Å². The zero-order chi connectivity index (χ0) is 16.2. The van der Waals surface area contributed by atoms with E-state index in [-0.39, 0.29) is 0 Å². The molecule has 3 rings (SSSR count). The molecule has 1 amide bonds. The number of nitrogens with one attached hydrogen (secondary N) is 1. The predicted molar refractivity (Wildman–Crippen MR) is 94.8 cm³/mol. The Morgan fingerprint density at radius 2 is 2.13 bits per heavy atom. The quantitative estimate of drug-likeness (QED) is 0.905. The Morgan fingerprint density at radius 3 is 2.96 bits per heavy atom. The largest absolute Gasteiger partial charge is 0.368 e. The number of hydrogen-bond donors (Lipinski definition) is 1. The molecule has 1 saturated heterocycles. The molecule has 2 heterocycles. The molecule has 4 heteroatoms. The summed E-state index contributed by atoms with van der Waals surface area (Å²) in [5.41, 5.74) is 2.75. The lowest BCUT2D eigenvalue weighted by Crippen LogP contribution is -2.40. The van der Waals surface area contributed by atoms with Crippen LogP contribution in [0, 0.1) is 5.92 Å². The van der Waals surface area contributed by atoms with Gasteiger partial charge in [-0.2, -0.15) is 0 Å². The van der Waals surface area contributed by atoms with Crippen LogP contribution in [0.2, 0.25) is 0 Å². The van der Waals surface area contributed by atoms with Gasteiger partial charge in [0, 0.05) is 37.8 Å². The van der Waals surface area contributed by atoms with E-state index >= 15 is 0 Å². The third-order valence-electron chi connectivity index (χ3n) is 5.36. The zero-order valence-corrected chi connectivity index (χ0v) is 14.4. The lowest BCUT2D eigenvalue weighted by atomic mass is 9.96. The number of carbonyl (C=O) groups excluding carboxylic acids is 1. The normalized spacial score (nSPS) is 23.9. The van der Waals surface area contributed by atoms with Gasteiger partial charge in [0.2, 0.25) is 5.91 Å². The Bertz CT molecular complexity index is 545. The maximum Gasteiger partial charge on any atom is 0.224 e. The number of aryl methyl sites for hydroxylation is 1. The molecule has 0 bridgehead atoms. The third kappa shape index (κ3) is 3.69. The molecule has 2 atom stereocenters. The average molecular weight is 315 g/mol. The molecule has 0 radical (unpaired) electrons. The van der Waals surface area contributed by atoms with Gasteiger partial charge in [0.15, 0.2) is 0 Å². The maximum absolute atomic E-state index is 12.5. The van der Waals surface area contributed by atoms with Gasteiger partial charge in [-0.3, -0.25) is 4.79 Å². The molecule has 0 saturated carbocycles. The first-order chi connectivity index (χ1) is 11.2. The van der Waals surface area contributed by atoms with Crippen LogP contribution in [0.25, 0.3) is 0 Å². The highest BCUT2D eigenvalue weighted by molar-refractivity contribution is 5.77. The number of hydrogen-bond acceptors (Lipinski definition) is 3. The molecule has 0 unspecified atom stereocenters. The van der Waals surface area contributed by atoms with Gasteiger partial charge in [0.05, 0.1) is 0 Å². The van der Waals surface area contributed by atoms with Crippen molar-refractivity contribution in [3.8, 4) is 0 Å². The van der Waals surface area contributed by atoms with E-state index in [2.05, 4.69) is 46.3 Å². The van der Waals surface area contributed by atoms with Crippen LogP contribution in [0.4, 0.5) is 5.69 Å². The number of rotatable bonds is 5. The molecular formula is C19H29N3O. The van der Waals surface area contributed by atoms with Crippen molar-refractivity contribution in [3.05, 3.63) is 29.8 Å². The Balaban J connectivity index is 1.57. The lowest BCUT2D eigenvalue weighted by Gasteiger charge is -2.37. The van der Waals surface area contributed by atoms with Crippen molar-refractivity contribution in [2.45, 2.75) is 38.6 Å². The fourth-order valence-electron chi connectivity index (χ4n) is 3.99. The van der Waals surface area contributed by atoms with Gasteiger partial charge in [-0.25, -0.2) is 0 Å². The summed E-state index contributed by atoms with van der Waals surface area (Å²) in [6.07, 6.45) is 4.10. The number of likely N-dealkylation sites (tertiary alicyclic amines) is 1. The van der Waals surface area contributed by atoms with Crippen LogP contribution in [-0.4, -0.2) is 50.1 Å². The first kappa shape index (κ1) is 16.3. The zero-order valence-electron chi connectivity index (χ0n) is 14.4. The summed E-state index contributed by atoms with van der Waals surface area (Å²) in [6, 6.07) is 9.17. The van der Waals surface area contributed by atoms with E-state index in [1.165, 1.54) is 17.7 Å². The first-order valence-corrected chi connectivity index (χ1v) is 8.96. The summed E-state index contributed by atoms with van der Waals surface area (Å²) in [5, 5.41) is 3.22. The van der Waals surface area contributed by atoms with Crippen LogP contribution in [0.5, 0.6) is 0 Å². The highest BCUT2D eigenvalue weighted by Crippen LogP contribution is 2.30. The highest BCUT2D eigenvalue weighted by atomic mass is 16.2. The third-order valence-corrected chi connectivity index (χ3v) is 5.36. The smallest absolute Gasteiger partial charge is 0.224 e.